The molecule has 0 saturated carbocycles. The van der Waals surface area contributed by atoms with E-state index in [-0.39, 0.29) is 31.8 Å². The summed E-state index contributed by atoms with van der Waals surface area (Å²) in [5.74, 6) is -1.53. The number of hydrogen-bond acceptors (Lipinski definition) is 6. The van der Waals surface area contributed by atoms with Gasteiger partial charge in [0.15, 0.2) is 5.54 Å². The second kappa shape index (κ2) is 8.76. The molecule has 30 heavy (non-hydrogen) atoms. The van der Waals surface area contributed by atoms with Crippen molar-refractivity contribution in [3.8, 4) is 0 Å². The Bertz CT molecular complexity index is 955. The number of nitro groups is 1. The van der Waals surface area contributed by atoms with Gasteiger partial charge in [0.2, 0.25) is 0 Å². The number of ether oxygens (including phenoxy) is 1. The highest BCUT2D eigenvalue weighted by Crippen LogP contribution is 2.33. The number of halogens is 1. The monoisotopic (exact) mass is 417 g/mol. The predicted molar refractivity (Wildman–Crippen MR) is 104 cm³/mol. The third-order valence-corrected chi connectivity index (χ3v) is 5.04. The molecule has 0 aromatic heterocycles. The van der Waals surface area contributed by atoms with Crippen LogP contribution in [0.3, 0.4) is 0 Å². The van der Waals surface area contributed by atoms with Crippen LogP contribution < -0.4 is 5.32 Å². The minimum Gasteiger partial charge on any atom is -0.465 e. The van der Waals surface area contributed by atoms with Crippen LogP contribution in [0.4, 0.5) is 20.6 Å². The quantitative estimate of drug-likeness (QED) is 0.402. The Morgan fingerprint density at radius 2 is 2.00 bits per heavy atom. The molecular formula is C20H20FN3O6. The number of anilines is 1. The molecule has 1 heterocycles. The van der Waals surface area contributed by atoms with Crippen molar-refractivity contribution in [2.45, 2.75) is 25.0 Å². The van der Waals surface area contributed by atoms with Crippen LogP contribution in [0.25, 0.3) is 0 Å². The summed E-state index contributed by atoms with van der Waals surface area (Å²) in [6, 6.07) is 11.9. The average Bonchev–Trinajstić information content (AvgIpc) is 3.17. The van der Waals surface area contributed by atoms with E-state index in [1.807, 2.05) is 6.07 Å². The molecular weight excluding hydrogens is 397 g/mol. The fourth-order valence-electron chi connectivity index (χ4n) is 3.53. The Kier molecular flexibility index (Phi) is 6.14. The van der Waals surface area contributed by atoms with E-state index in [1.54, 1.807) is 24.3 Å². The van der Waals surface area contributed by atoms with Crippen LogP contribution in [0, 0.1) is 15.9 Å². The third kappa shape index (κ3) is 4.32. The number of nitro benzene ring substituents is 1. The summed E-state index contributed by atoms with van der Waals surface area (Å²) in [4.78, 5) is 36.2. The largest absolute Gasteiger partial charge is 0.465 e. The van der Waals surface area contributed by atoms with E-state index in [0.29, 0.717) is 6.42 Å². The Morgan fingerprint density at radius 3 is 2.67 bits per heavy atom. The van der Waals surface area contributed by atoms with Crippen molar-refractivity contribution in [2.24, 2.45) is 0 Å². The SMILES string of the molecule is O=C(O)N1CCC[C@]1(CNc1ccc(F)cc1[N+](=O)[O-])C(=O)OCc1ccccc1. The number of carbonyl (C=O) groups excluding carboxylic acids is 1. The average molecular weight is 417 g/mol. The van der Waals surface area contributed by atoms with Crippen LogP contribution in [0.1, 0.15) is 18.4 Å². The van der Waals surface area contributed by atoms with Gasteiger partial charge in [-0.15, -0.1) is 0 Å². The summed E-state index contributed by atoms with van der Waals surface area (Å²) in [5, 5.41) is 23.6. The smallest absolute Gasteiger partial charge is 0.408 e. The molecule has 0 bridgehead atoms. The van der Waals surface area contributed by atoms with Crippen LogP contribution in [0.15, 0.2) is 48.5 Å². The Morgan fingerprint density at radius 1 is 1.27 bits per heavy atom. The fraction of sp³-hybridized carbons (Fsp3) is 0.300. The molecule has 1 aliphatic heterocycles. The first-order chi connectivity index (χ1) is 14.3. The third-order valence-electron chi connectivity index (χ3n) is 5.04. The van der Waals surface area contributed by atoms with Gasteiger partial charge in [0.1, 0.15) is 18.1 Å². The van der Waals surface area contributed by atoms with E-state index in [4.69, 9.17) is 4.74 Å². The molecule has 2 aromatic rings. The normalized spacial score (nSPS) is 18.1. The Labute approximate surface area is 171 Å². The number of amides is 1. The highest BCUT2D eigenvalue weighted by atomic mass is 19.1. The topological polar surface area (TPSA) is 122 Å². The second-order valence-electron chi connectivity index (χ2n) is 6.90. The molecule has 1 amide bonds. The van der Waals surface area contributed by atoms with E-state index in [9.17, 15) is 29.2 Å². The lowest BCUT2D eigenvalue weighted by Gasteiger charge is -2.34. The molecule has 0 spiro atoms. The summed E-state index contributed by atoms with van der Waals surface area (Å²) in [7, 11) is 0. The zero-order valence-electron chi connectivity index (χ0n) is 15.9. The molecule has 9 nitrogen and oxygen atoms in total. The minimum absolute atomic E-state index is 0.0196. The maximum absolute atomic E-state index is 13.4. The molecule has 1 saturated heterocycles. The number of carboxylic acid groups (broad SMARTS) is 1. The number of esters is 1. The molecule has 1 fully saturated rings. The van der Waals surface area contributed by atoms with E-state index < -0.39 is 34.0 Å². The molecule has 2 N–H and O–H groups in total. The summed E-state index contributed by atoms with van der Waals surface area (Å²) < 4.78 is 18.8. The first-order valence-electron chi connectivity index (χ1n) is 9.23. The Hall–Kier alpha value is -3.69. The maximum atomic E-state index is 13.4. The van der Waals surface area contributed by atoms with E-state index in [1.165, 1.54) is 6.07 Å². The number of nitrogens with zero attached hydrogens (tertiary/aromatic N) is 2. The van der Waals surface area contributed by atoms with Crippen LogP contribution in [-0.4, -0.2) is 45.6 Å². The first kappa shape index (κ1) is 21.0. The van der Waals surface area contributed by atoms with Gasteiger partial charge >= 0.3 is 12.1 Å². The molecule has 0 aliphatic carbocycles. The lowest BCUT2D eigenvalue weighted by atomic mass is 9.95. The van der Waals surface area contributed by atoms with Gasteiger partial charge in [0, 0.05) is 13.1 Å². The standard InChI is InChI=1S/C20H20FN3O6/c21-15-7-8-16(17(11-15)24(28)29)22-13-20(9-4-10-23(20)19(26)27)18(25)30-12-14-5-2-1-3-6-14/h1-3,5-8,11,22H,4,9-10,12-13H2,(H,26,27)/t20-/m0/s1. The molecule has 2 aromatic carbocycles. The minimum atomic E-state index is -1.55. The number of benzene rings is 2. The molecule has 1 atom stereocenters. The van der Waals surface area contributed by atoms with Crippen molar-refractivity contribution >= 4 is 23.4 Å². The van der Waals surface area contributed by atoms with Crippen molar-refractivity contribution in [3.05, 3.63) is 70.0 Å². The molecule has 10 heteroatoms. The summed E-state index contributed by atoms with van der Waals surface area (Å²) >= 11 is 0. The van der Waals surface area contributed by atoms with Crippen LogP contribution in [0.5, 0.6) is 0 Å². The Balaban J connectivity index is 1.83. The van der Waals surface area contributed by atoms with Crippen molar-refractivity contribution in [3.63, 3.8) is 0 Å². The second-order valence-corrected chi connectivity index (χ2v) is 6.90. The maximum Gasteiger partial charge on any atom is 0.408 e. The molecule has 158 valence electrons. The van der Waals surface area contributed by atoms with E-state index >= 15 is 0 Å². The molecule has 3 rings (SSSR count). The van der Waals surface area contributed by atoms with Crippen LogP contribution >= 0.6 is 0 Å². The highest BCUT2D eigenvalue weighted by molar-refractivity contribution is 5.87. The lowest BCUT2D eigenvalue weighted by Crippen LogP contribution is -2.57. The number of nitrogens with one attached hydrogen (secondary N) is 1. The van der Waals surface area contributed by atoms with Gasteiger partial charge in [-0.05, 0) is 30.5 Å². The van der Waals surface area contributed by atoms with Crippen molar-refractivity contribution in [1.82, 2.24) is 4.90 Å². The van der Waals surface area contributed by atoms with Gasteiger partial charge in [0.25, 0.3) is 5.69 Å². The van der Waals surface area contributed by atoms with E-state index in [2.05, 4.69) is 5.32 Å². The van der Waals surface area contributed by atoms with Gasteiger partial charge in [-0.1, -0.05) is 30.3 Å². The molecule has 0 unspecified atom stereocenters. The first-order valence-corrected chi connectivity index (χ1v) is 9.23. The summed E-state index contributed by atoms with van der Waals surface area (Å²) in [5.41, 5.74) is -1.34. The predicted octanol–water partition coefficient (Wildman–Crippen LogP) is 3.40. The van der Waals surface area contributed by atoms with E-state index in [0.717, 1.165) is 22.6 Å². The van der Waals surface area contributed by atoms with Crippen LogP contribution in [0.2, 0.25) is 0 Å². The zero-order valence-corrected chi connectivity index (χ0v) is 15.9. The lowest BCUT2D eigenvalue weighted by molar-refractivity contribution is -0.384. The number of rotatable bonds is 7. The van der Waals surface area contributed by atoms with Gasteiger partial charge in [-0.3, -0.25) is 15.0 Å². The summed E-state index contributed by atoms with van der Waals surface area (Å²) in [6.07, 6.45) is -0.672. The number of likely N-dealkylation sites (tertiary alicyclic amines) is 1. The molecule has 0 radical (unpaired) electrons. The number of carbonyl (C=O) groups is 2. The highest BCUT2D eigenvalue weighted by Gasteiger charge is 2.51. The van der Waals surface area contributed by atoms with Gasteiger partial charge in [0.05, 0.1) is 11.0 Å². The van der Waals surface area contributed by atoms with Crippen molar-refractivity contribution in [2.75, 3.05) is 18.4 Å². The number of hydrogen-bond donors (Lipinski definition) is 2. The van der Waals surface area contributed by atoms with Gasteiger partial charge in [-0.2, -0.15) is 0 Å². The fourth-order valence-corrected chi connectivity index (χ4v) is 3.53. The summed E-state index contributed by atoms with van der Waals surface area (Å²) in [6.45, 7) is -0.159. The van der Waals surface area contributed by atoms with Crippen molar-refractivity contribution < 1.29 is 28.7 Å². The zero-order chi connectivity index (χ0) is 21.7. The van der Waals surface area contributed by atoms with Crippen LogP contribution in [-0.2, 0) is 16.1 Å². The van der Waals surface area contributed by atoms with Gasteiger partial charge in [-0.25, -0.2) is 14.0 Å². The molecule has 1 aliphatic rings. The van der Waals surface area contributed by atoms with Gasteiger partial charge < -0.3 is 15.2 Å². The van der Waals surface area contributed by atoms with Crippen molar-refractivity contribution in [1.29, 1.82) is 0 Å².